The molecule has 0 saturated heterocycles. The van der Waals surface area contributed by atoms with Gasteiger partial charge in [0, 0.05) is 22.8 Å². The minimum Gasteiger partial charge on any atom is -0.494 e. The summed E-state index contributed by atoms with van der Waals surface area (Å²) in [5.74, 6) is 0.840. The molecule has 1 heterocycles. The predicted octanol–water partition coefficient (Wildman–Crippen LogP) is 5.80. The number of allylic oxidation sites excluding steroid dienone is 1. The van der Waals surface area contributed by atoms with Crippen LogP contribution in [0.25, 0.3) is 16.8 Å². The van der Waals surface area contributed by atoms with E-state index in [-0.39, 0.29) is 0 Å². The van der Waals surface area contributed by atoms with Crippen LogP contribution in [0.15, 0.2) is 54.0 Å². The number of nitriles is 1. The molecule has 5 heteroatoms. The van der Waals surface area contributed by atoms with E-state index in [1.54, 1.807) is 6.20 Å². The van der Waals surface area contributed by atoms with Crippen molar-refractivity contribution < 1.29 is 4.74 Å². The van der Waals surface area contributed by atoms with Crippen molar-refractivity contribution >= 4 is 22.6 Å². The Bertz CT molecular complexity index is 997. The van der Waals surface area contributed by atoms with Crippen LogP contribution < -0.4 is 10.1 Å². The van der Waals surface area contributed by atoms with E-state index in [0.29, 0.717) is 17.2 Å². The lowest BCUT2D eigenvalue weighted by atomic mass is 10.1. The topological polar surface area (TPSA) is 57.9 Å². The summed E-state index contributed by atoms with van der Waals surface area (Å²) >= 11 is 1.46. The molecule has 0 bridgehead atoms. The molecule has 1 aromatic heterocycles. The largest absolute Gasteiger partial charge is 0.494 e. The summed E-state index contributed by atoms with van der Waals surface area (Å²) in [6, 6.07) is 16.3. The molecule has 0 atom stereocenters. The van der Waals surface area contributed by atoms with Gasteiger partial charge in [-0.2, -0.15) is 5.26 Å². The highest BCUT2D eigenvalue weighted by Gasteiger charge is 2.09. The number of rotatable bonds is 6. The van der Waals surface area contributed by atoms with E-state index in [1.165, 1.54) is 16.9 Å². The molecule has 1 N–H and O–H groups in total. The average molecular weight is 375 g/mol. The SMILES string of the molecule is CCOc1ccc(-c2csc(/C(C#N)=C/Nc3cc(C)ccc3C)n2)cc1. The van der Waals surface area contributed by atoms with Crippen molar-refractivity contribution in [1.82, 2.24) is 4.98 Å². The number of thiazole rings is 1. The summed E-state index contributed by atoms with van der Waals surface area (Å²) in [6.07, 6.45) is 1.72. The Balaban J connectivity index is 1.80. The van der Waals surface area contributed by atoms with Crippen molar-refractivity contribution in [3.05, 3.63) is 70.2 Å². The Morgan fingerprint density at radius 3 is 2.70 bits per heavy atom. The van der Waals surface area contributed by atoms with Crippen molar-refractivity contribution in [2.24, 2.45) is 0 Å². The first-order valence-electron chi connectivity index (χ1n) is 8.74. The zero-order valence-corrected chi connectivity index (χ0v) is 16.4. The van der Waals surface area contributed by atoms with Crippen LogP contribution in [0.2, 0.25) is 0 Å². The number of nitrogens with zero attached hydrogens (tertiary/aromatic N) is 2. The number of ether oxygens (including phenoxy) is 1. The van der Waals surface area contributed by atoms with Crippen LogP contribution in [0, 0.1) is 25.2 Å². The van der Waals surface area contributed by atoms with E-state index in [9.17, 15) is 5.26 Å². The van der Waals surface area contributed by atoms with E-state index in [2.05, 4.69) is 34.6 Å². The first-order chi connectivity index (χ1) is 13.1. The number of nitrogens with one attached hydrogen (secondary N) is 1. The molecule has 0 spiro atoms. The third-order valence-corrected chi connectivity index (χ3v) is 4.96. The second-order valence-corrected chi connectivity index (χ2v) is 6.99. The number of hydrogen-bond acceptors (Lipinski definition) is 5. The molecule has 0 radical (unpaired) electrons. The van der Waals surface area contributed by atoms with Crippen LogP contribution >= 0.6 is 11.3 Å². The molecule has 0 unspecified atom stereocenters. The normalized spacial score (nSPS) is 11.1. The van der Waals surface area contributed by atoms with Crippen molar-refractivity contribution in [1.29, 1.82) is 5.26 Å². The first-order valence-corrected chi connectivity index (χ1v) is 9.62. The first kappa shape index (κ1) is 18.7. The zero-order valence-electron chi connectivity index (χ0n) is 15.6. The minimum atomic E-state index is 0.512. The van der Waals surface area contributed by atoms with Crippen molar-refractivity contribution in [2.75, 3.05) is 11.9 Å². The number of anilines is 1. The second kappa shape index (κ2) is 8.52. The molecule has 136 valence electrons. The fourth-order valence-electron chi connectivity index (χ4n) is 2.60. The third kappa shape index (κ3) is 4.55. The summed E-state index contributed by atoms with van der Waals surface area (Å²) in [6.45, 7) is 6.69. The maximum atomic E-state index is 9.55. The van der Waals surface area contributed by atoms with Crippen LogP contribution in [0.1, 0.15) is 23.1 Å². The standard InChI is InChI=1S/C22H21N3OS/c1-4-26-19-9-7-17(8-10-19)21-14-27-22(25-21)18(12-23)13-24-20-11-15(2)5-6-16(20)3/h5-11,13-14,24H,4H2,1-3H3/b18-13+. The lowest BCUT2D eigenvalue weighted by molar-refractivity contribution is 0.340. The fraction of sp³-hybridized carbons (Fsp3) is 0.182. The number of benzene rings is 2. The molecule has 0 fully saturated rings. The molecule has 0 aliphatic heterocycles. The average Bonchev–Trinajstić information content (AvgIpc) is 3.16. The summed E-state index contributed by atoms with van der Waals surface area (Å²) < 4.78 is 5.47. The van der Waals surface area contributed by atoms with Crippen LogP contribution in [-0.4, -0.2) is 11.6 Å². The second-order valence-electron chi connectivity index (χ2n) is 6.13. The van der Waals surface area contributed by atoms with Gasteiger partial charge in [-0.3, -0.25) is 0 Å². The van der Waals surface area contributed by atoms with Crippen molar-refractivity contribution in [2.45, 2.75) is 20.8 Å². The molecule has 3 rings (SSSR count). The van der Waals surface area contributed by atoms with Gasteiger partial charge in [0.2, 0.25) is 0 Å². The molecule has 2 aromatic carbocycles. The Kier molecular flexibility index (Phi) is 5.90. The van der Waals surface area contributed by atoms with Crippen LogP contribution in [0.3, 0.4) is 0 Å². The Labute approximate surface area is 163 Å². The zero-order chi connectivity index (χ0) is 19.2. The molecular formula is C22H21N3OS. The maximum Gasteiger partial charge on any atom is 0.136 e. The van der Waals surface area contributed by atoms with Gasteiger partial charge in [-0.05, 0) is 62.2 Å². The Morgan fingerprint density at radius 1 is 1.22 bits per heavy atom. The van der Waals surface area contributed by atoms with Crippen LogP contribution in [0.4, 0.5) is 5.69 Å². The molecule has 4 nitrogen and oxygen atoms in total. The fourth-order valence-corrected chi connectivity index (χ4v) is 3.40. The van der Waals surface area contributed by atoms with Gasteiger partial charge in [0.05, 0.1) is 12.3 Å². The molecule has 0 saturated carbocycles. The van der Waals surface area contributed by atoms with Gasteiger partial charge < -0.3 is 10.1 Å². The highest BCUT2D eigenvalue weighted by molar-refractivity contribution is 7.11. The lowest BCUT2D eigenvalue weighted by Gasteiger charge is -2.07. The molecule has 27 heavy (non-hydrogen) atoms. The Morgan fingerprint density at radius 2 is 2.00 bits per heavy atom. The summed E-state index contributed by atoms with van der Waals surface area (Å²) in [4.78, 5) is 4.63. The van der Waals surface area contributed by atoms with E-state index in [1.807, 2.05) is 50.4 Å². The van der Waals surface area contributed by atoms with Crippen LogP contribution in [-0.2, 0) is 0 Å². The summed E-state index contributed by atoms with van der Waals surface area (Å²) in [5, 5.41) is 15.4. The third-order valence-electron chi connectivity index (χ3n) is 4.08. The Hall–Kier alpha value is -3.10. The van der Waals surface area contributed by atoms with E-state index < -0.39 is 0 Å². The number of aryl methyl sites for hydroxylation is 2. The monoisotopic (exact) mass is 375 g/mol. The molecular weight excluding hydrogens is 354 g/mol. The maximum absolute atomic E-state index is 9.55. The lowest BCUT2D eigenvalue weighted by Crippen LogP contribution is -1.94. The molecule has 0 aliphatic rings. The van der Waals surface area contributed by atoms with E-state index in [0.717, 1.165) is 28.3 Å². The van der Waals surface area contributed by atoms with Crippen molar-refractivity contribution in [3.8, 4) is 23.1 Å². The quantitative estimate of drug-likeness (QED) is 0.553. The molecule has 0 amide bonds. The smallest absolute Gasteiger partial charge is 0.136 e. The minimum absolute atomic E-state index is 0.512. The molecule has 3 aromatic rings. The van der Waals surface area contributed by atoms with Crippen LogP contribution in [0.5, 0.6) is 5.75 Å². The van der Waals surface area contributed by atoms with Gasteiger partial charge in [0.25, 0.3) is 0 Å². The van der Waals surface area contributed by atoms with Gasteiger partial charge in [0.1, 0.15) is 22.4 Å². The summed E-state index contributed by atoms with van der Waals surface area (Å²) in [7, 11) is 0. The number of hydrogen-bond donors (Lipinski definition) is 1. The van der Waals surface area contributed by atoms with E-state index >= 15 is 0 Å². The number of aromatic nitrogens is 1. The van der Waals surface area contributed by atoms with Gasteiger partial charge in [-0.1, -0.05) is 12.1 Å². The van der Waals surface area contributed by atoms with Gasteiger partial charge >= 0.3 is 0 Å². The molecule has 0 aliphatic carbocycles. The van der Waals surface area contributed by atoms with Gasteiger partial charge in [-0.15, -0.1) is 11.3 Å². The van der Waals surface area contributed by atoms with E-state index in [4.69, 9.17) is 4.74 Å². The summed E-state index contributed by atoms with van der Waals surface area (Å²) in [5.41, 5.74) is 5.65. The predicted molar refractivity (Wildman–Crippen MR) is 112 cm³/mol. The van der Waals surface area contributed by atoms with Crippen molar-refractivity contribution in [3.63, 3.8) is 0 Å². The highest BCUT2D eigenvalue weighted by atomic mass is 32.1. The van der Waals surface area contributed by atoms with Gasteiger partial charge in [0.15, 0.2) is 0 Å². The highest BCUT2D eigenvalue weighted by Crippen LogP contribution is 2.27. The van der Waals surface area contributed by atoms with Gasteiger partial charge in [-0.25, -0.2) is 4.98 Å².